The van der Waals surface area contributed by atoms with Gasteiger partial charge in [0.15, 0.2) is 0 Å². The zero-order chi connectivity index (χ0) is 34.0. The van der Waals surface area contributed by atoms with Gasteiger partial charge in [-0.1, -0.05) is 72.8 Å². The highest BCUT2D eigenvalue weighted by Crippen LogP contribution is 2.29. The first-order valence-corrected chi connectivity index (χ1v) is 15.8. The number of aliphatic hydroxyl groups excluding tert-OH is 1. The maximum Gasteiger partial charge on any atom is 0.410 e. The molecule has 47 heavy (non-hydrogen) atoms. The van der Waals surface area contributed by atoms with Crippen molar-refractivity contribution in [1.82, 2.24) is 4.90 Å². The van der Waals surface area contributed by atoms with Gasteiger partial charge in [0.1, 0.15) is 29.3 Å². The number of carbonyl (C=O) groups excluding carboxylic acids is 2. The van der Waals surface area contributed by atoms with Gasteiger partial charge in [-0.25, -0.2) is 9.59 Å². The van der Waals surface area contributed by atoms with E-state index in [9.17, 15) is 14.7 Å². The minimum atomic E-state index is -0.944. The quantitative estimate of drug-likeness (QED) is 0.148. The van der Waals surface area contributed by atoms with Crippen molar-refractivity contribution in [2.45, 2.75) is 65.5 Å². The Morgan fingerprint density at radius 1 is 0.830 bits per heavy atom. The number of hydrogen-bond donors (Lipinski definition) is 1. The fraction of sp³-hybridized carbons (Fsp3) is 0.333. The van der Waals surface area contributed by atoms with E-state index in [0.29, 0.717) is 42.2 Å². The molecule has 0 unspecified atom stereocenters. The predicted octanol–water partition coefficient (Wildman–Crippen LogP) is 8.02. The summed E-state index contributed by atoms with van der Waals surface area (Å²) in [6.07, 6.45) is -0.997. The number of aliphatic hydroxyl groups is 1. The molecule has 8 nitrogen and oxygen atoms in total. The molecule has 1 N–H and O–H groups in total. The van der Waals surface area contributed by atoms with Crippen LogP contribution in [0.1, 0.15) is 67.8 Å². The average molecular weight is 640 g/mol. The molecule has 4 rings (SSSR count). The standard InChI is InChI=1S/C39H45NO7/c1-27(2)46-36-24-31(19-20-34(36)37(42)44-6)30-17-15-28(16-18-30)21-22-40(38(43)47-39(3,4)5)25-35(41)32-13-10-14-33(23-32)45-26-29-11-8-7-9-12-29/h7-20,23-24,27,35,41H,21-22,25-26H2,1-6H3/t35-/m1/s1. The predicted molar refractivity (Wildman–Crippen MR) is 183 cm³/mol. The van der Waals surface area contributed by atoms with Crippen LogP contribution in [0, 0.1) is 0 Å². The van der Waals surface area contributed by atoms with Crippen LogP contribution < -0.4 is 9.47 Å². The van der Waals surface area contributed by atoms with Gasteiger partial charge in [-0.2, -0.15) is 0 Å². The SMILES string of the molecule is COC(=O)c1ccc(-c2ccc(CCN(C[C@@H](O)c3cccc(OCc4ccccc4)c3)C(=O)OC(C)(C)C)cc2)cc1OC(C)C. The van der Waals surface area contributed by atoms with Crippen LogP contribution in [0.4, 0.5) is 4.79 Å². The molecule has 248 valence electrons. The third-order valence-electron chi connectivity index (χ3n) is 7.24. The molecule has 0 fully saturated rings. The summed E-state index contributed by atoms with van der Waals surface area (Å²) >= 11 is 0. The van der Waals surface area contributed by atoms with Crippen molar-refractivity contribution in [2.24, 2.45) is 0 Å². The number of ether oxygens (including phenoxy) is 4. The van der Waals surface area contributed by atoms with Crippen molar-refractivity contribution in [3.8, 4) is 22.6 Å². The second-order valence-corrected chi connectivity index (χ2v) is 12.6. The van der Waals surface area contributed by atoms with Gasteiger partial charge in [0.25, 0.3) is 0 Å². The molecule has 1 atom stereocenters. The first kappa shape index (κ1) is 35.0. The molecule has 0 spiro atoms. The van der Waals surface area contributed by atoms with Crippen molar-refractivity contribution >= 4 is 12.1 Å². The number of amides is 1. The molecule has 0 bridgehead atoms. The smallest absolute Gasteiger partial charge is 0.410 e. The summed E-state index contributed by atoms with van der Waals surface area (Å²) < 4.78 is 22.5. The van der Waals surface area contributed by atoms with Crippen molar-refractivity contribution in [3.63, 3.8) is 0 Å². The number of methoxy groups -OCH3 is 1. The highest BCUT2D eigenvalue weighted by molar-refractivity contribution is 5.93. The molecule has 8 heteroatoms. The van der Waals surface area contributed by atoms with Crippen LogP contribution in [0.15, 0.2) is 97.1 Å². The van der Waals surface area contributed by atoms with Crippen molar-refractivity contribution in [1.29, 1.82) is 0 Å². The molecular formula is C39H45NO7. The molecule has 0 aliphatic heterocycles. The maximum absolute atomic E-state index is 13.2. The number of rotatable bonds is 13. The Bertz CT molecular complexity index is 1610. The van der Waals surface area contributed by atoms with E-state index in [1.807, 2.05) is 120 Å². The second kappa shape index (κ2) is 16.1. The third kappa shape index (κ3) is 10.6. The third-order valence-corrected chi connectivity index (χ3v) is 7.24. The van der Waals surface area contributed by atoms with Crippen LogP contribution >= 0.6 is 0 Å². The molecule has 1 amide bonds. The topological polar surface area (TPSA) is 94.5 Å². The number of nitrogens with zero attached hydrogens (tertiary/aromatic N) is 1. The second-order valence-electron chi connectivity index (χ2n) is 12.6. The van der Waals surface area contributed by atoms with Gasteiger partial charge in [0.2, 0.25) is 0 Å². The Kier molecular flexibility index (Phi) is 12.0. The van der Waals surface area contributed by atoms with Crippen LogP contribution in [0.5, 0.6) is 11.5 Å². The van der Waals surface area contributed by atoms with E-state index >= 15 is 0 Å². The van der Waals surface area contributed by atoms with Crippen molar-refractivity contribution < 1.29 is 33.6 Å². The fourth-order valence-corrected chi connectivity index (χ4v) is 4.91. The number of esters is 1. The molecule has 0 heterocycles. The van der Waals surface area contributed by atoms with Crippen LogP contribution in [0.3, 0.4) is 0 Å². The Morgan fingerprint density at radius 3 is 2.19 bits per heavy atom. The Balaban J connectivity index is 1.45. The summed E-state index contributed by atoms with van der Waals surface area (Å²) in [6, 6.07) is 30.6. The van der Waals surface area contributed by atoms with E-state index in [1.54, 1.807) is 17.0 Å². The van der Waals surface area contributed by atoms with E-state index in [2.05, 4.69) is 0 Å². The summed E-state index contributed by atoms with van der Waals surface area (Å²) in [5.41, 5.74) is 4.24. The Labute approximate surface area is 277 Å². The molecule has 0 saturated carbocycles. The van der Waals surface area contributed by atoms with Crippen LogP contribution in [0.25, 0.3) is 11.1 Å². The number of carbonyl (C=O) groups is 2. The monoisotopic (exact) mass is 639 g/mol. The normalized spacial score (nSPS) is 11.9. The zero-order valence-corrected chi connectivity index (χ0v) is 28.1. The van der Waals surface area contributed by atoms with E-state index < -0.39 is 23.8 Å². The molecule has 4 aromatic rings. The molecule has 0 aliphatic rings. The van der Waals surface area contributed by atoms with E-state index in [0.717, 1.165) is 22.3 Å². The summed E-state index contributed by atoms with van der Waals surface area (Å²) in [4.78, 5) is 27.0. The van der Waals surface area contributed by atoms with Gasteiger partial charge in [-0.05, 0) is 93.1 Å². The van der Waals surface area contributed by atoms with Gasteiger partial charge in [-0.15, -0.1) is 0 Å². The van der Waals surface area contributed by atoms with Gasteiger partial charge >= 0.3 is 12.1 Å². The first-order chi connectivity index (χ1) is 22.4. The minimum absolute atomic E-state index is 0.0559. The lowest BCUT2D eigenvalue weighted by atomic mass is 10.0. The molecule has 0 aliphatic carbocycles. The lowest BCUT2D eigenvalue weighted by Crippen LogP contribution is -2.40. The van der Waals surface area contributed by atoms with E-state index in [4.69, 9.17) is 18.9 Å². The largest absolute Gasteiger partial charge is 0.490 e. The Hall–Kier alpha value is -4.82. The summed E-state index contributed by atoms with van der Waals surface area (Å²) in [5.74, 6) is 0.650. The summed E-state index contributed by atoms with van der Waals surface area (Å²) in [7, 11) is 1.35. The lowest BCUT2D eigenvalue weighted by molar-refractivity contribution is 0.0146. The number of benzene rings is 4. The highest BCUT2D eigenvalue weighted by atomic mass is 16.6. The fourth-order valence-electron chi connectivity index (χ4n) is 4.91. The van der Waals surface area contributed by atoms with Crippen molar-refractivity contribution in [3.05, 3.63) is 119 Å². The summed E-state index contributed by atoms with van der Waals surface area (Å²) in [5, 5.41) is 11.2. The van der Waals surface area contributed by atoms with Gasteiger partial charge < -0.3 is 29.0 Å². The molecule has 0 aromatic heterocycles. The van der Waals surface area contributed by atoms with Crippen LogP contribution in [-0.2, 0) is 22.5 Å². The highest BCUT2D eigenvalue weighted by Gasteiger charge is 2.25. The van der Waals surface area contributed by atoms with Gasteiger partial charge in [0, 0.05) is 6.54 Å². The average Bonchev–Trinajstić information content (AvgIpc) is 3.05. The Morgan fingerprint density at radius 2 is 1.53 bits per heavy atom. The first-order valence-electron chi connectivity index (χ1n) is 15.8. The number of hydrogen-bond acceptors (Lipinski definition) is 7. The molecular weight excluding hydrogens is 594 g/mol. The zero-order valence-electron chi connectivity index (χ0n) is 28.1. The van der Waals surface area contributed by atoms with Crippen LogP contribution in [-0.4, -0.2) is 54.0 Å². The molecule has 4 aromatic carbocycles. The molecule has 0 saturated heterocycles. The van der Waals surface area contributed by atoms with E-state index in [1.165, 1.54) is 7.11 Å². The van der Waals surface area contributed by atoms with Crippen molar-refractivity contribution in [2.75, 3.05) is 20.2 Å². The lowest BCUT2D eigenvalue weighted by Gasteiger charge is -2.29. The molecule has 0 radical (unpaired) electrons. The van der Waals surface area contributed by atoms with E-state index in [-0.39, 0.29) is 12.6 Å². The van der Waals surface area contributed by atoms with Crippen LogP contribution in [0.2, 0.25) is 0 Å². The summed E-state index contributed by atoms with van der Waals surface area (Å²) in [6.45, 7) is 10.1. The maximum atomic E-state index is 13.2. The van der Waals surface area contributed by atoms with Gasteiger partial charge in [0.05, 0.1) is 25.9 Å². The van der Waals surface area contributed by atoms with Gasteiger partial charge in [-0.3, -0.25) is 0 Å². The minimum Gasteiger partial charge on any atom is -0.490 e.